The number of guanidine groups is 1. The number of nitrogens with one attached hydrogen (secondary N) is 1. The first-order chi connectivity index (χ1) is 13.2. The Morgan fingerprint density at radius 2 is 2.04 bits per heavy atom. The summed E-state index contributed by atoms with van der Waals surface area (Å²) in [5.74, 6) is 1.91. The Morgan fingerprint density at radius 1 is 1.25 bits per heavy atom. The summed E-state index contributed by atoms with van der Waals surface area (Å²) in [6.45, 7) is 8.28. The monoisotopic (exact) mass is 502 g/mol. The SMILES string of the molecule is CCNC(=NCC(c1ccco1)N(C)C)N1CCN(Cc2ccon2)CC1.I. The molecule has 1 N–H and O–H groups in total. The van der Waals surface area contributed by atoms with Gasteiger partial charge >= 0.3 is 0 Å². The van der Waals surface area contributed by atoms with Gasteiger partial charge in [0, 0.05) is 45.3 Å². The largest absolute Gasteiger partial charge is 0.468 e. The number of aliphatic imine (C=N–C) groups is 1. The van der Waals surface area contributed by atoms with Crippen molar-refractivity contribution in [2.24, 2.45) is 4.99 Å². The van der Waals surface area contributed by atoms with Gasteiger partial charge in [-0.15, -0.1) is 24.0 Å². The summed E-state index contributed by atoms with van der Waals surface area (Å²) in [6.07, 6.45) is 3.34. The van der Waals surface area contributed by atoms with E-state index in [0.717, 1.165) is 56.7 Å². The zero-order chi connectivity index (χ0) is 19.1. The predicted molar refractivity (Wildman–Crippen MR) is 120 cm³/mol. The van der Waals surface area contributed by atoms with Crippen molar-refractivity contribution in [1.29, 1.82) is 0 Å². The van der Waals surface area contributed by atoms with Gasteiger partial charge in [0.05, 0.1) is 24.5 Å². The third kappa shape index (κ3) is 6.21. The van der Waals surface area contributed by atoms with Gasteiger partial charge in [0.1, 0.15) is 12.0 Å². The lowest BCUT2D eigenvalue weighted by atomic mass is 10.2. The van der Waals surface area contributed by atoms with E-state index in [0.29, 0.717) is 6.54 Å². The Bertz CT molecular complexity index is 681. The molecule has 0 radical (unpaired) electrons. The van der Waals surface area contributed by atoms with Gasteiger partial charge in [-0.2, -0.15) is 0 Å². The standard InChI is InChI=1S/C19H30N6O2.HI/c1-4-20-19(21-14-17(23(2)3)18-6-5-12-26-18)25-10-8-24(9-11-25)15-16-7-13-27-22-16;/h5-7,12-13,17H,4,8-11,14-15H2,1-3H3,(H,20,21);1H. The van der Waals surface area contributed by atoms with Crippen LogP contribution in [-0.2, 0) is 6.54 Å². The normalized spacial score (nSPS) is 16.9. The molecule has 9 heteroatoms. The first-order valence-corrected chi connectivity index (χ1v) is 9.52. The summed E-state index contributed by atoms with van der Waals surface area (Å²) in [4.78, 5) is 11.8. The molecule has 1 fully saturated rings. The van der Waals surface area contributed by atoms with E-state index < -0.39 is 0 Å². The number of piperazine rings is 1. The Morgan fingerprint density at radius 3 is 2.61 bits per heavy atom. The molecule has 1 aliphatic heterocycles. The van der Waals surface area contributed by atoms with Crippen LogP contribution in [0, 0.1) is 0 Å². The number of halogens is 1. The second kappa shape index (κ2) is 11.4. The first-order valence-electron chi connectivity index (χ1n) is 9.52. The summed E-state index contributed by atoms with van der Waals surface area (Å²) in [7, 11) is 4.11. The van der Waals surface area contributed by atoms with E-state index in [1.807, 2.05) is 18.2 Å². The van der Waals surface area contributed by atoms with Crippen LogP contribution in [0.3, 0.4) is 0 Å². The molecule has 28 heavy (non-hydrogen) atoms. The Balaban J connectivity index is 0.00000280. The minimum Gasteiger partial charge on any atom is -0.468 e. The smallest absolute Gasteiger partial charge is 0.194 e. The van der Waals surface area contributed by atoms with Crippen LogP contribution in [-0.4, -0.2) is 79.2 Å². The highest BCUT2D eigenvalue weighted by Crippen LogP contribution is 2.19. The van der Waals surface area contributed by atoms with Crippen LogP contribution in [0.5, 0.6) is 0 Å². The summed E-state index contributed by atoms with van der Waals surface area (Å²) >= 11 is 0. The molecule has 8 nitrogen and oxygen atoms in total. The molecule has 0 aromatic carbocycles. The molecule has 1 unspecified atom stereocenters. The zero-order valence-corrected chi connectivity index (χ0v) is 19.2. The Kier molecular flexibility index (Phi) is 9.26. The van der Waals surface area contributed by atoms with E-state index >= 15 is 0 Å². The maximum absolute atomic E-state index is 5.59. The fourth-order valence-electron chi connectivity index (χ4n) is 3.25. The van der Waals surface area contributed by atoms with Gasteiger partial charge in [-0.3, -0.25) is 14.8 Å². The highest BCUT2D eigenvalue weighted by Gasteiger charge is 2.22. The number of likely N-dealkylation sites (N-methyl/N-ethyl adjacent to an activating group) is 1. The first kappa shape index (κ1) is 22.7. The highest BCUT2D eigenvalue weighted by molar-refractivity contribution is 14.0. The van der Waals surface area contributed by atoms with Crippen molar-refractivity contribution in [3.63, 3.8) is 0 Å². The number of aromatic nitrogens is 1. The quantitative estimate of drug-likeness (QED) is 0.354. The van der Waals surface area contributed by atoms with Gasteiger partial charge in [-0.1, -0.05) is 5.16 Å². The fraction of sp³-hybridized carbons (Fsp3) is 0.579. The molecule has 0 bridgehead atoms. The van der Waals surface area contributed by atoms with E-state index in [4.69, 9.17) is 13.9 Å². The Labute approximate surface area is 183 Å². The maximum atomic E-state index is 5.59. The Hall–Kier alpha value is -1.59. The van der Waals surface area contributed by atoms with Crippen LogP contribution in [0.15, 0.2) is 44.7 Å². The molecule has 3 heterocycles. The van der Waals surface area contributed by atoms with E-state index in [-0.39, 0.29) is 30.0 Å². The molecule has 2 aromatic heterocycles. The predicted octanol–water partition coefficient (Wildman–Crippen LogP) is 2.27. The van der Waals surface area contributed by atoms with Crippen molar-refractivity contribution in [2.75, 3.05) is 53.4 Å². The number of rotatable bonds is 7. The zero-order valence-electron chi connectivity index (χ0n) is 16.9. The molecule has 0 spiro atoms. The number of nitrogens with zero attached hydrogens (tertiary/aromatic N) is 5. The second-order valence-electron chi connectivity index (χ2n) is 6.94. The van der Waals surface area contributed by atoms with Crippen molar-refractivity contribution in [3.05, 3.63) is 42.2 Å². The number of hydrogen-bond acceptors (Lipinski definition) is 6. The van der Waals surface area contributed by atoms with Crippen molar-refractivity contribution in [3.8, 4) is 0 Å². The van der Waals surface area contributed by atoms with E-state index in [2.05, 4.69) is 46.2 Å². The molecule has 1 atom stereocenters. The lowest BCUT2D eigenvalue weighted by Crippen LogP contribution is -2.52. The lowest BCUT2D eigenvalue weighted by Gasteiger charge is -2.36. The van der Waals surface area contributed by atoms with Crippen LogP contribution in [0.1, 0.15) is 24.4 Å². The number of furan rings is 1. The molecule has 0 saturated carbocycles. The highest BCUT2D eigenvalue weighted by atomic mass is 127. The summed E-state index contributed by atoms with van der Waals surface area (Å²) < 4.78 is 10.5. The summed E-state index contributed by atoms with van der Waals surface area (Å²) in [5.41, 5.74) is 0.983. The van der Waals surface area contributed by atoms with Crippen molar-refractivity contribution >= 4 is 29.9 Å². The molecular weight excluding hydrogens is 471 g/mol. The molecule has 0 amide bonds. The minimum atomic E-state index is 0. The fourth-order valence-corrected chi connectivity index (χ4v) is 3.25. The van der Waals surface area contributed by atoms with Crippen molar-refractivity contribution < 1.29 is 8.94 Å². The van der Waals surface area contributed by atoms with Crippen LogP contribution in [0.2, 0.25) is 0 Å². The lowest BCUT2D eigenvalue weighted by molar-refractivity contribution is 0.168. The summed E-state index contributed by atoms with van der Waals surface area (Å²) in [5, 5.41) is 7.44. The third-order valence-electron chi connectivity index (χ3n) is 4.79. The van der Waals surface area contributed by atoms with Gasteiger partial charge in [0.15, 0.2) is 5.96 Å². The second-order valence-corrected chi connectivity index (χ2v) is 6.94. The average molecular weight is 502 g/mol. The maximum Gasteiger partial charge on any atom is 0.194 e. The van der Waals surface area contributed by atoms with Gasteiger partial charge in [-0.25, -0.2) is 0 Å². The molecule has 2 aromatic rings. The molecule has 156 valence electrons. The molecule has 3 rings (SSSR count). The van der Waals surface area contributed by atoms with Gasteiger partial charge in [0.2, 0.25) is 0 Å². The van der Waals surface area contributed by atoms with E-state index in [1.54, 1.807) is 12.5 Å². The van der Waals surface area contributed by atoms with E-state index in [1.165, 1.54) is 0 Å². The molecule has 0 aliphatic carbocycles. The minimum absolute atomic E-state index is 0. The molecule has 1 saturated heterocycles. The van der Waals surface area contributed by atoms with Crippen LogP contribution in [0.4, 0.5) is 0 Å². The molecule has 1 aliphatic rings. The van der Waals surface area contributed by atoms with Gasteiger partial charge in [-0.05, 0) is 33.2 Å². The van der Waals surface area contributed by atoms with Crippen LogP contribution >= 0.6 is 24.0 Å². The van der Waals surface area contributed by atoms with Crippen molar-refractivity contribution in [2.45, 2.75) is 19.5 Å². The van der Waals surface area contributed by atoms with E-state index in [9.17, 15) is 0 Å². The third-order valence-corrected chi connectivity index (χ3v) is 4.79. The molecular formula is C19H31IN6O2. The van der Waals surface area contributed by atoms with Crippen LogP contribution < -0.4 is 5.32 Å². The average Bonchev–Trinajstić information content (AvgIpc) is 3.36. The van der Waals surface area contributed by atoms with Gasteiger partial charge in [0.25, 0.3) is 0 Å². The van der Waals surface area contributed by atoms with Gasteiger partial charge < -0.3 is 19.2 Å². The number of hydrogen-bond donors (Lipinski definition) is 1. The van der Waals surface area contributed by atoms with Crippen LogP contribution in [0.25, 0.3) is 0 Å². The summed E-state index contributed by atoms with van der Waals surface area (Å²) in [6, 6.07) is 5.99. The van der Waals surface area contributed by atoms with Crippen molar-refractivity contribution in [1.82, 2.24) is 25.2 Å². The topological polar surface area (TPSA) is 73.3 Å².